The van der Waals surface area contributed by atoms with Crippen molar-refractivity contribution >= 4 is 48.9 Å². The summed E-state index contributed by atoms with van der Waals surface area (Å²) >= 11 is 4.25. The molecule has 20 heavy (non-hydrogen) atoms. The largest absolute Gasteiger partial charge is 0.478 e. The second kappa shape index (κ2) is 5.55. The fourth-order valence-corrected chi connectivity index (χ4v) is 4.26. The highest BCUT2D eigenvalue weighted by Gasteiger charge is 2.17. The van der Waals surface area contributed by atoms with Gasteiger partial charge in [0, 0.05) is 15.0 Å². The molecule has 0 aliphatic rings. The molecule has 0 aliphatic heterocycles. The Morgan fingerprint density at radius 1 is 1.30 bits per heavy atom. The third kappa shape index (κ3) is 3.20. The molecule has 5 nitrogen and oxygen atoms in total. The molecule has 0 bridgehead atoms. The highest BCUT2D eigenvalue weighted by molar-refractivity contribution is 9.10. The van der Waals surface area contributed by atoms with Crippen molar-refractivity contribution in [1.82, 2.24) is 0 Å². The second-order valence-corrected chi connectivity index (χ2v) is 8.02. The van der Waals surface area contributed by atoms with E-state index in [4.69, 9.17) is 5.11 Å². The second-order valence-electron chi connectivity index (χ2n) is 3.97. The molecule has 2 aromatic rings. The van der Waals surface area contributed by atoms with Gasteiger partial charge in [0.15, 0.2) is 0 Å². The van der Waals surface area contributed by atoms with Gasteiger partial charge < -0.3 is 5.11 Å². The maximum absolute atomic E-state index is 12.1. The molecule has 2 rings (SSSR count). The van der Waals surface area contributed by atoms with Crippen molar-refractivity contribution in [3.05, 3.63) is 45.2 Å². The molecule has 8 heteroatoms. The van der Waals surface area contributed by atoms with E-state index in [-0.39, 0.29) is 15.5 Å². The summed E-state index contributed by atoms with van der Waals surface area (Å²) in [4.78, 5) is 11.9. The van der Waals surface area contributed by atoms with E-state index in [0.29, 0.717) is 4.47 Å². The molecule has 0 saturated heterocycles. The first-order valence-corrected chi connectivity index (χ1v) is 8.51. The average Bonchev–Trinajstić information content (AvgIpc) is 2.78. The first kappa shape index (κ1) is 15.0. The van der Waals surface area contributed by atoms with Gasteiger partial charge >= 0.3 is 5.97 Å². The third-order valence-corrected chi connectivity index (χ3v) is 5.99. The summed E-state index contributed by atoms with van der Waals surface area (Å²) in [5.74, 6) is -1.13. The van der Waals surface area contributed by atoms with E-state index in [1.54, 1.807) is 6.07 Å². The minimum atomic E-state index is -3.69. The standard InChI is InChI=1S/C12H10BrNO4S2/c1-7-2-5-11(19-7)20(17,18)14-8-3-4-10(13)9(6-8)12(15)16/h2-6,14H,1H3,(H,15,16). The molecule has 1 aromatic heterocycles. The van der Waals surface area contributed by atoms with Gasteiger partial charge in [0.1, 0.15) is 4.21 Å². The topological polar surface area (TPSA) is 83.5 Å². The predicted octanol–water partition coefficient (Wildman–Crippen LogP) is 3.32. The molecular formula is C12H10BrNO4S2. The van der Waals surface area contributed by atoms with Gasteiger partial charge in [-0.05, 0) is 53.2 Å². The Hall–Kier alpha value is -1.38. The van der Waals surface area contributed by atoms with Crippen LogP contribution in [0.4, 0.5) is 5.69 Å². The summed E-state index contributed by atoms with van der Waals surface area (Å²) in [7, 11) is -3.69. The van der Waals surface area contributed by atoms with Gasteiger partial charge in [-0.15, -0.1) is 11.3 Å². The van der Waals surface area contributed by atoms with Crippen LogP contribution in [0, 0.1) is 6.92 Å². The number of aryl methyl sites for hydroxylation is 1. The third-order valence-electron chi connectivity index (χ3n) is 2.43. The number of halogens is 1. The number of sulfonamides is 1. The van der Waals surface area contributed by atoms with E-state index in [1.165, 1.54) is 24.3 Å². The number of carboxylic acids is 1. The zero-order chi connectivity index (χ0) is 14.9. The highest BCUT2D eigenvalue weighted by Crippen LogP contribution is 2.26. The monoisotopic (exact) mass is 375 g/mol. The average molecular weight is 376 g/mol. The first-order chi connectivity index (χ1) is 9.29. The van der Waals surface area contributed by atoms with Crippen LogP contribution in [0.5, 0.6) is 0 Å². The van der Waals surface area contributed by atoms with Crippen LogP contribution >= 0.6 is 27.3 Å². The molecule has 0 atom stereocenters. The fourth-order valence-electron chi connectivity index (χ4n) is 1.51. The Morgan fingerprint density at radius 2 is 2.00 bits per heavy atom. The molecule has 0 saturated carbocycles. The molecule has 1 aromatic carbocycles. The van der Waals surface area contributed by atoms with Crippen molar-refractivity contribution in [1.29, 1.82) is 0 Å². The van der Waals surface area contributed by atoms with Crippen LogP contribution in [0.15, 0.2) is 39.0 Å². The van der Waals surface area contributed by atoms with Crippen LogP contribution in [-0.4, -0.2) is 19.5 Å². The Balaban J connectivity index is 2.35. The van der Waals surface area contributed by atoms with Crippen LogP contribution in [0.1, 0.15) is 15.2 Å². The molecular weight excluding hydrogens is 366 g/mol. The normalized spacial score (nSPS) is 11.3. The number of carbonyl (C=O) groups is 1. The molecule has 0 fully saturated rings. The number of hydrogen-bond acceptors (Lipinski definition) is 4. The van der Waals surface area contributed by atoms with E-state index in [9.17, 15) is 13.2 Å². The summed E-state index contributed by atoms with van der Waals surface area (Å²) in [6, 6.07) is 7.47. The number of carboxylic acid groups (broad SMARTS) is 1. The molecule has 0 spiro atoms. The number of anilines is 1. The summed E-state index contributed by atoms with van der Waals surface area (Å²) in [6.07, 6.45) is 0. The zero-order valence-corrected chi connectivity index (χ0v) is 13.5. The van der Waals surface area contributed by atoms with Crippen molar-refractivity contribution in [2.24, 2.45) is 0 Å². The van der Waals surface area contributed by atoms with E-state index < -0.39 is 16.0 Å². The molecule has 2 N–H and O–H groups in total. The van der Waals surface area contributed by atoms with Gasteiger partial charge in [-0.2, -0.15) is 0 Å². The molecule has 0 amide bonds. The van der Waals surface area contributed by atoms with Crippen molar-refractivity contribution < 1.29 is 18.3 Å². The van der Waals surface area contributed by atoms with Gasteiger partial charge in [0.05, 0.1) is 5.56 Å². The van der Waals surface area contributed by atoms with Crippen LogP contribution in [0.2, 0.25) is 0 Å². The summed E-state index contributed by atoms with van der Waals surface area (Å²) < 4.78 is 27.2. The van der Waals surface area contributed by atoms with Gasteiger partial charge in [0.2, 0.25) is 0 Å². The van der Waals surface area contributed by atoms with Crippen molar-refractivity contribution in [3.63, 3.8) is 0 Å². The molecule has 0 aliphatic carbocycles. The van der Waals surface area contributed by atoms with Crippen LogP contribution < -0.4 is 4.72 Å². The number of aromatic carboxylic acids is 1. The van der Waals surface area contributed by atoms with Crippen LogP contribution in [0.3, 0.4) is 0 Å². The Bertz CT molecular complexity index is 768. The first-order valence-electron chi connectivity index (χ1n) is 5.42. The number of nitrogens with one attached hydrogen (secondary N) is 1. The van der Waals surface area contributed by atoms with Crippen molar-refractivity contribution in [2.75, 3.05) is 4.72 Å². The summed E-state index contributed by atoms with van der Waals surface area (Å²) in [6.45, 7) is 1.81. The van der Waals surface area contributed by atoms with Gasteiger partial charge in [-0.3, -0.25) is 4.72 Å². The maximum atomic E-state index is 12.1. The van der Waals surface area contributed by atoms with Crippen LogP contribution in [-0.2, 0) is 10.0 Å². The summed E-state index contributed by atoms with van der Waals surface area (Å²) in [5.41, 5.74) is 0.198. The smallest absolute Gasteiger partial charge is 0.336 e. The SMILES string of the molecule is Cc1ccc(S(=O)(=O)Nc2ccc(Br)c(C(=O)O)c2)s1. The Morgan fingerprint density at radius 3 is 2.55 bits per heavy atom. The van der Waals surface area contributed by atoms with Crippen LogP contribution in [0.25, 0.3) is 0 Å². The molecule has 0 unspecified atom stereocenters. The lowest BCUT2D eigenvalue weighted by Gasteiger charge is -2.08. The van der Waals surface area contributed by atoms with Gasteiger partial charge in [-0.1, -0.05) is 0 Å². The molecule has 1 heterocycles. The minimum Gasteiger partial charge on any atom is -0.478 e. The lowest BCUT2D eigenvalue weighted by molar-refractivity contribution is 0.0696. The fraction of sp³-hybridized carbons (Fsp3) is 0.0833. The Kier molecular flexibility index (Phi) is 4.17. The Labute approximate surface area is 128 Å². The van der Waals surface area contributed by atoms with Gasteiger partial charge in [-0.25, -0.2) is 13.2 Å². The van der Waals surface area contributed by atoms with Crippen molar-refractivity contribution in [3.8, 4) is 0 Å². The molecule has 106 valence electrons. The minimum absolute atomic E-state index is 0.00689. The van der Waals surface area contributed by atoms with Gasteiger partial charge in [0.25, 0.3) is 10.0 Å². The van der Waals surface area contributed by atoms with E-state index in [1.807, 2.05) is 6.92 Å². The summed E-state index contributed by atoms with van der Waals surface area (Å²) in [5, 5.41) is 9.00. The van der Waals surface area contributed by atoms with E-state index in [2.05, 4.69) is 20.7 Å². The number of benzene rings is 1. The predicted molar refractivity (Wildman–Crippen MR) is 81.0 cm³/mol. The van der Waals surface area contributed by atoms with E-state index in [0.717, 1.165) is 16.2 Å². The number of hydrogen-bond donors (Lipinski definition) is 2. The highest BCUT2D eigenvalue weighted by atomic mass is 79.9. The lowest BCUT2D eigenvalue weighted by Crippen LogP contribution is -2.12. The number of rotatable bonds is 4. The quantitative estimate of drug-likeness (QED) is 0.858. The van der Waals surface area contributed by atoms with Crippen molar-refractivity contribution in [2.45, 2.75) is 11.1 Å². The zero-order valence-electron chi connectivity index (χ0n) is 10.3. The maximum Gasteiger partial charge on any atom is 0.336 e. The lowest BCUT2D eigenvalue weighted by atomic mass is 10.2. The molecule has 0 radical (unpaired) electrons. The number of thiophene rings is 1. The van der Waals surface area contributed by atoms with E-state index >= 15 is 0 Å².